The van der Waals surface area contributed by atoms with Gasteiger partial charge < -0.3 is 10.0 Å². The average molecular weight is 567 g/mol. The maximum atomic E-state index is 12.9. The van der Waals surface area contributed by atoms with Gasteiger partial charge in [0.05, 0.1) is 4.21 Å². The normalized spacial score (nSPS) is 16.4. The predicted molar refractivity (Wildman–Crippen MR) is 152 cm³/mol. The molecule has 1 aliphatic rings. The Morgan fingerprint density at radius 2 is 1.53 bits per heavy atom. The van der Waals surface area contributed by atoms with Crippen LogP contribution in [-0.4, -0.2) is 77.6 Å². The molecule has 0 saturated carbocycles. The SMILES string of the molecule is CC.CC(C)N(C)SN(C)C.CC(O)(c1ccc(N2CCN(Sc3cccs3)CC2)cc1)C(F)(F)F. The van der Waals surface area contributed by atoms with E-state index >= 15 is 0 Å². The molecule has 0 radical (unpaired) electrons. The van der Waals surface area contributed by atoms with Gasteiger partial charge >= 0.3 is 6.18 Å². The van der Waals surface area contributed by atoms with Crippen LogP contribution in [0.3, 0.4) is 0 Å². The van der Waals surface area contributed by atoms with Crippen molar-refractivity contribution in [3.8, 4) is 0 Å². The van der Waals surface area contributed by atoms with Crippen LogP contribution in [0, 0.1) is 0 Å². The number of rotatable bonds is 7. The van der Waals surface area contributed by atoms with Gasteiger partial charge in [0.1, 0.15) is 0 Å². The highest BCUT2D eigenvalue weighted by molar-refractivity contribution is 7.98. The monoisotopic (exact) mass is 566 g/mol. The summed E-state index contributed by atoms with van der Waals surface area (Å²) in [6, 6.07) is 10.7. The van der Waals surface area contributed by atoms with Gasteiger partial charge in [-0.05, 0) is 83.0 Å². The van der Waals surface area contributed by atoms with Crippen LogP contribution in [0.2, 0.25) is 0 Å². The van der Waals surface area contributed by atoms with E-state index < -0.39 is 11.8 Å². The van der Waals surface area contributed by atoms with Gasteiger partial charge in [-0.2, -0.15) is 13.2 Å². The lowest BCUT2D eigenvalue weighted by Crippen LogP contribution is -2.43. The highest BCUT2D eigenvalue weighted by Gasteiger charge is 2.51. The van der Waals surface area contributed by atoms with Crippen LogP contribution in [0.1, 0.15) is 40.2 Å². The minimum Gasteiger partial charge on any atom is -0.376 e. The second kappa shape index (κ2) is 15.5. The van der Waals surface area contributed by atoms with Crippen LogP contribution in [0.4, 0.5) is 18.9 Å². The summed E-state index contributed by atoms with van der Waals surface area (Å²) < 4.78 is 46.6. The third-order valence-electron chi connectivity index (χ3n) is 5.32. The topological polar surface area (TPSA) is 33.2 Å². The van der Waals surface area contributed by atoms with Crippen molar-refractivity contribution in [3.63, 3.8) is 0 Å². The van der Waals surface area contributed by atoms with Crippen LogP contribution in [0.15, 0.2) is 46.0 Å². The zero-order valence-electron chi connectivity index (χ0n) is 22.5. The van der Waals surface area contributed by atoms with Crippen molar-refractivity contribution < 1.29 is 18.3 Å². The molecule has 36 heavy (non-hydrogen) atoms. The molecule has 0 amide bonds. The number of alkyl halides is 3. The first-order valence-corrected chi connectivity index (χ1v) is 14.4. The largest absolute Gasteiger partial charge is 0.421 e. The fourth-order valence-corrected chi connectivity index (χ4v) is 5.54. The second-order valence-electron chi connectivity index (χ2n) is 8.59. The van der Waals surface area contributed by atoms with E-state index in [0.717, 1.165) is 38.8 Å². The molecule has 1 saturated heterocycles. The lowest BCUT2D eigenvalue weighted by Gasteiger charge is -2.35. The molecule has 0 spiro atoms. The van der Waals surface area contributed by atoms with E-state index in [2.05, 4.69) is 50.2 Å². The van der Waals surface area contributed by atoms with Crippen molar-refractivity contribution in [2.75, 3.05) is 52.2 Å². The molecule has 1 fully saturated rings. The van der Waals surface area contributed by atoms with Gasteiger partial charge in [-0.3, -0.25) is 0 Å². The fourth-order valence-electron chi connectivity index (χ4n) is 2.99. The van der Waals surface area contributed by atoms with Crippen LogP contribution >= 0.6 is 35.4 Å². The molecule has 3 rings (SSSR count). The third-order valence-corrected chi connectivity index (χ3v) is 8.44. The summed E-state index contributed by atoms with van der Waals surface area (Å²) in [6.45, 7) is 12.5. The summed E-state index contributed by atoms with van der Waals surface area (Å²) in [4.78, 5) is 2.15. The Morgan fingerprint density at radius 1 is 0.972 bits per heavy atom. The lowest BCUT2D eigenvalue weighted by molar-refractivity contribution is -0.258. The van der Waals surface area contributed by atoms with E-state index in [1.165, 1.54) is 16.3 Å². The quantitative estimate of drug-likeness (QED) is 0.368. The molecule has 2 heterocycles. The molecule has 1 unspecified atom stereocenters. The van der Waals surface area contributed by atoms with Gasteiger partial charge in [0.2, 0.25) is 0 Å². The van der Waals surface area contributed by atoms with Crippen LogP contribution in [0.25, 0.3) is 0 Å². The number of piperazine rings is 1. The van der Waals surface area contributed by atoms with Gasteiger partial charge in [0, 0.05) is 50.0 Å². The molecule has 2 aromatic rings. The van der Waals surface area contributed by atoms with Crippen LogP contribution in [0.5, 0.6) is 0 Å². The van der Waals surface area contributed by atoms with Gasteiger partial charge in [0.15, 0.2) is 5.60 Å². The van der Waals surface area contributed by atoms with Crippen LogP contribution < -0.4 is 4.90 Å². The van der Waals surface area contributed by atoms with Crippen molar-refractivity contribution in [1.82, 2.24) is 12.9 Å². The first-order valence-electron chi connectivity index (χ1n) is 12.0. The Bertz CT molecular complexity index is 839. The summed E-state index contributed by atoms with van der Waals surface area (Å²) >= 11 is 5.18. The Balaban J connectivity index is 0.000000500. The molecular formula is C25H41F3N4OS3. The Labute approximate surface area is 228 Å². The van der Waals surface area contributed by atoms with Crippen molar-refractivity contribution in [3.05, 3.63) is 47.3 Å². The first kappa shape index (κ1) is 33.1. The fraction of sp³-hybridized carbons (Fsp3) is 0.600. The van der Waals surface area contributed by atoms with E-state index in [0.29, 0.717) is 6.04 Å². The molecular weight excluding hydrogens is 525 g/mol. The molecule has 1 atom stereocenters. The van der Waals surface area contributed by atoms with Gasteiger partial charge in [-0.15, -0.1) is 11.3 Å². The summed E-state index contributed by atoms with van der Waals surface area (Å²) in [5.41, 5.74) is -2.10. The van der Waals surface area contributed by atoms with Gasteiger partial charge in [-0.1, -0.05) is 32.0 Å². The molecule has 1 aromatic carbocycles. The number of hydrogen-bond acceptors (Lipinski definition) is 8. The summed E-state index contributed by atoms with van der Waals surface area (Å²) in [5.74, 6) is 0. The third kappa shape index (κ3) is 10.4. The maximum absolute atomic E-state index is 12.9. The number of anilines is 1. The van der Waals surface area contributed by atoms with Crippen molar-refractivity contribution in [2.24, 2.45) is 0 Å². The molecule has 1 N–H and O–H groups in total. The number of benzene rings is 1. The molecule has 206 valence electrons. The van der Waals surface area contributed by atoms with E-state index in [1.807, 2.05) is 34.0 Å². The lowest BCUT2D eigenvalue weighted by atomic mass is 9.95. The number of hydrogen-bond donors (Lipinski definition) is 1. The standard InChI is InChI=1S/C17H19F3N2OS2.C6H16N2S.C2H6/c1-16(23,17(18,19)20)13-4-6-14(7-5-13)21-8-10-22(11-9-21)25-15-3-2-12-24-15;1-6(2)8(5)9-7(3)4;1-2/h2-7,12,23H,8-11H2,1H3;6H,1-5H3;1-2H3. The van der Waals surface area contributed by atoms with Crippen molar-refractivity contribution >= 4 is 41.1 Å². The highest BCUT2D eigenvalue weighted by Crippen LogP contribution is 2.39. The molecule has 1 aliphatic heterocycles. The molecule has 0 bridgehead atoms. The molecule has 11 heteroatoms. The highest BCUT2D eigenvalue weighted by atomic mass is 32.2. The summed E-state index contributed by atoms with van der Waals surface area (Å²) in [6.07, 6.45) is -4.70. The number of halogens is 3. The molecule has 0 aliphatic carbocycles. The Hall–Kier alpha value is -0.950. The first-order chi connectivity index (χ1) is 16.8. The predicted octanol–water partition coefficient (Wildman–Crippen LogP) is 6.82. The van der Waals surface area contributed by atoms with E-state index in [4.69, 9.17) is 0 Å². The number of aliphatic hydroxyl groups is 1. The molecule has 1 aromatic heterocycles. The minimum atomic E-state index is -4.70. The Morgan fingerprint density at radius 3 is 1.92 bits per heavy atom. The van der Waals surface area contributed by atoms with E-state index in [-0.39, 0.29) is 5.56 Å². The van der Waals surface area contributed by atoms with Gasteiger partial charge in [0.25, 0.3) is 0 Å². The van der Waals surface area contributed by atoms with Crippen LogP contribution in [-0.2, 0) is 5.60 Å². The van der Waals surface area contributed by atoms with Gasteiger partial charge in [-0.25, -0.2) is 12.9 Å². The molecule has 5 nitrogen and oxygen atoms in total. The number of thiophene rings is 1. The summed E-state index contributed by atoms with van der Waals surface area (Å²) in [7, 11) is 6.18. The summed E-state index contributed by atoms with van der Waals surface area (Å²) in [5, 5.41) is 11.8. The van der Waals surface area contributed by atoms with Crippen molar-refractivity contribution in [1.29, 1.82) is 0 Å². The average Bonchev–Trinajstić information content (AvgIpc) is 3.33. The number of nitrogens with zero attached hydrogens (tertiary/aromatic N) is 4. The van der Waals surface area contributed by atoms with Crippen molar-refractivity contribution in [2.45, 2.75) is 56.6 Å². The maximum Gasteiger partial charge on any atom is 0.421 e. The zero-order chi connectivity index (χ0) is 27.5. The Kier molecular flexibility index (Phi) is 14.2. The zero-order valence-corrected chi connectivity index (χ0v) is 25.0. The smallest absolute Gasteiger partial charge is 0.376 e. The van der Waals surface area contributed by atoms with E-state index in [9.17, 15) is 18.3 Å². The van der Waals surface area contributed by atoms with E-state index in [1.54, 1.807) is 47.6 Å². The second-order valence-corrected chi connectivity index (χ2v) is 12.4. The minimum absolute atomic E-state index is 0.143.